The maximum atomic E-state index is 5.34. The van der Waals surface area contributed by atoms with Gasteiger partial charge in [0.1, 0.15) is 0 Å². The van der Waals surface area contributed by atoms with Crippen LogP contribution in [0.25, 0.3) is 0 Å². The Balaban J connectivity index is 2.18. The number of hydrogen-bond donors (Lipinski definition) is 1. The van der Waals surface area contributed by atoms with E-state index >= 15 is 0 Å². The van der Waals surface area contributed by atoms with Crippen molar-refractivity contribution in [3.8, 4) is 0 Å². The minimum Gasteiger partial charge on any atom is -0.384 e. The van der Waals surface area contributed by atoms with E-state index in [0.29, 0.717) is 5.92 Å². The Hall–Kier alpha value is -0.350. The molecule has 88 valence electrons. The van der Waals surface area contributed by atoms with Gasteiger partial charge in [-0.3, -0.25) is 0 Å². The molecule has 4 heteroatoms. The summed E-state index contributed by atoms with van der Waals surface area (Å²) in [6.45, 7) is 6.17. The Morgan fingerprint density at radius 1 is 1.60 bits per heavy atom. The molecule has 1 aliphatic heterocycles. The molecule has 1 atom stereocenters. The zero-order valence-electron chi connectivity index (χ0n) is 9.79. The summed E-state index contributed by atoms with van der Waals surface area (Å²) in [4.78, 5) is 2.26. The van der Waals surface area contributed by atoms with E-state index in [1.54, 1.807) is 7.11 Å². The van der Waals surface area contributed by atoms with Gasteiger partial charge in [-0.2, -0.15) is 0 Å². The van der Waals surface area contributed by atoms with Gasteiger partial charge in [-0.1, -0.05) is 13.3 Å². The minimum absolute atomic E-state index is 0.654. The van der Waals surface area contributed by atoms with Crippen LogP contribution in [0.3, 0.4) is 0 Å². The highest BCUT2D eigenvalue weighted by molar-refractivity contribution is 7.80. The van der Waals surface area contributed by atoms with E-state index in [9.17, 15) is 0 Å². The molecule has 1 aliphatic rings. The molecule has 0 saturated carbocycles. The fourth-order valence-corrected chi connectivity index (χ4v) is 2.14. The molecule has 0 aliphatic carbocycles. The number of hydrogen-bond acceptors (Lipinski definition) is 2. The van der Waals surface area contributed by atoms with Gasteiger partial charge in [0.2, 0.25) is 0 Å². The molecule has 1 saturated heterocycles. The van der Waals surface area contributed by atoms with Crippen LogP contribution >= 0.6 is 12.2 Å². The number of unbranched alkanes of at least 4 members (excludes halogenated alkanes) is 1. The van der Waals surface area contributed by atoms with Gasteiger partial charge in [-0.15, -0.1) is 0 Å². The van der Waals surface area contributed by atoms with E-state index in [0.717, 1.165) is 31.4 Å². The highest BCUT2D eigenvalue weighted by atomic mass is 32.1. The summed E-state index contributed by atoms with van der Waals surface area (Å²) >= 11 is 5.34. The van der Waals surface area contributed by atoms with Crippen molar-refractivity contribution in [2.75, 3.05) is 33.4 Å². The van der Waals surface area contributed by atoms with Gasteiger partial charge >= 0.3 is 0 Å². The summed E-state index contributed by atoms with van der Waals surface area (Å²) in [5, 5.41) is 4.22. The molecule has 0 amide bonds. The predicted molar refractivity (Wildman–Crippen MR) is 67.1 cm³/mol. The summed E-state index contributed by atoms with van der Waals surface area (Å²) in [5.41, 5.74) is 0. The van der Waals surface area contributed by atoms with Gasteiger partial charge < -0.3 is 15.0 Å². The van der Waals surface area contributed by atoms with Gasteiger partial charge in [0.25, 0.3) is 0 Å². The lowest BCUT2D eigenvalue weighted by atomic mass is 10.1. The van der Waals surface area contributed by atoms with Gasteiger partial charge in [-0.25, -0.2) is 0 Å². The Labute approximate surface area is 98.2 Å². The van der Waals surface area contributed by atoms with Crippen molar-refractivity contribution in [3.05, 3.63) is 0 Å². The first-order valence-corrected chi connectivity index (χ1v) is 6.20. The highest BCUT2D eigenvalue weighted by Gasteiger charge is 2.23. The second kappa shape index (κ2) is 7.01. The van der Waals surface area contributed by atoms with Crippen LogP contribution in [0.2, 0.25) is 0 Å². The van der Waals surface area contributed by atoms with Crippen molar-refractivity contribution < 1.29 is 4.74 Å². The number of rotatable bonds is 5. The summed E-state index contributed by atoms with van der Waals surface area (Å²) in [5.74, 6) is 0.654. The van der Waals surface area contributed by atoms with Crippen LogP contribution in [0.1, 0.15) is 26.2 Å². The third-order valence-electron chi connectivity index (χ3n) is 2.78. The lowest BCUT2D eigenvalue weighted by molar-refractivity contribution is 0.157. The first kappa shape index (κ1) is 12.7. The Morgan fingerprint density at radius 2 is 2.40 bits per heavy atom. The van der Waals surface area contributed by atoms with Gasteiger partial charge in [0.05, 0.1) is 6.61 Å². The fourth-order valence-electron chi connectivity index (χ4n) is 1.87. The van der Waals surface area contributed by atoms with Crippen LogP contribution in [0.5, 0.6) is 0 Å². The normalized spacial score (nSPS) is 20.7. The summed E-state index contributed by atoms with van der Waals surface area (Å²) in [6.07, 6.45) is 3.60. The van der Waals surface area contributed by atoms with Crippen molar-refractivity contribution >= 4 is 17.3 Å². The van der Waals surface area contributed by atoms with Crippen molar-refractivity contribution in [2.24, 2.45) is 5.92 Å². The van der Waals surface area contributed by atoms with Crippen molar-refractivity contribution in [2.45, 2.75) is 26.2 Å². The molecule has 1 heterocycles. The largest absolute Gasteiger partial charge is 0.384 e. The smallest absolute Gasteiger partial charge is 0.168 e. The molecule has 0 aromatic rings. The molecule has 1 rings (SSSR count). The van der Waals surface area contributed by atoms with E-state index in [1.165, 1.54) is 19.3 Å². The van der Waals surface area contributed by atoms with Crippen molar-refractivity contribution in [3.63, 3.8) is 0 Å². The molecule has 15 heavy (non-hydrogen) atoms. The Bertz CT molecular complexity index is 199. The van der Waals surface area contributed by atoms with E-state index < -0.39 is 0 Å². The molecule has 1 N–H and O–H groups in total. The summed E-state index contributed by atoms with van der Waals surface area (Å²) in [6, 6.07) is 0. The Kier molecular flexibility index (Phi) is 5.95. The quantitative estimate of drug-likeness (QED) is 0.573. The number of ether oxygens (including phenoxy) is 1. The van der Waals surface area contributed by atoms with Crippen molar-refractivity contribution in [1.82, 2.24) is 10.2 Å². The van der Waals surface area contributed by atoms with Crippen molar-refractivity contribution in [1.29, 1.82) is 0 Å². The zero-order chi connectivity index (χ0) is 11.1. The topological polar surface area (TPSA) is 24.5 Å². The third-order valence-corrected chi connectivity index (χ3v) is 3.18. The molecule has 0 bridgehead atoms. The highest BCUT2D eigenvalue weighted by Crippen LogP contribution is 2.16. The molecule has 0 aromatic heterocycles. The van der Waals surface area contributed by atoms with Crippen LogP contribution in [0.15, 0.2) is 0 Å². The second-order valence-electron chi connectivity index (χ2n) is 4.14. The van der Waals surface area contributed by atoms with E-state index in [2.05, 4.69) is 17.1 Å². The molecular weight excluding hydrogens is 208 g/mol. The summed E-state index contributed by atoms with van der Waals surface area (Å²) in [7, 11) is 1.76. The predicted octanol–water partition coefficient (Wildman–Crippen LogP) is 1.63. The van der Waals surface area contributed by atoms with Crippen LogP contribution in [-0.4, -0.2) is 43.4 Å². The van der Waals surface area contributed by atoms with E-state index in [4.69, 9.17) is 17.0 Å². The van der Waals surface area contributed by atoms with Gasteiger partial charge in [0, 0.05) is 32.7 Å². The first-order chi connectivity index (χ1) is 7.27. The number of nitrogens with zero attached hydrogens (tertiary/aromatic N) is 1. The molecule has 0 spiro atoms. The number of methoxy groups -OCH3 is 1. The molecule has 1 fully saturated rings. The SMILES string of the molecule is CCCCNC(=S)N1CCC(COC)C1. The zero-order valence-corrected chi connectivity index (χ0v) is 10.6. The van der Waals surface area contributed by atoms with Crippen LogP contribution in [-0.2, 0) is 4.74 Å². The number of nitrogens with one attached hydrogen (secondary N) is 1. The fraction of sp³-hybridized carbons (Fsp3) is 0.909. The first-order valence-electron chi connectivity index (χ1n) is 5.79. The third kappa shape index (κ3) is 4.34. The van der Waals surface area contributed by atoms with Gasteiger partial charge in [0.15, 0.2) is 5.11 Å². The molecule has 3 nitrogen and oxygen atoms in total. The number of thiocarbonyl (C=S) groups is 1. The van der Waals surface area contributed by atoms with E-state index in [-0.39, 0.29) is 0 Å². The molecular formula is C11H22N2OS. The number of likely N-dealkylation sites (tertiary alicyclic amines) is 1. The van der Waals surface area contributed by atoms with Crippen LogP contribution in [0, 0.1) is 5.92 Å². The molecule has 0 radical (unpaired) electrons. The average molecular weight is 230 g/mol. The maximum Gasteiger partial charge on any atom is 0.168 e. The van der Waals surface area contributed by atoms with Crippen LogP contribution < -0.4 is 5.32 Å². The lowest BCUT2D eigenvalue weighted by Gasteiger charge is -2.20. The lowest BCUT2D eigenvalue weighted by Crippen LogP contribution is -2.38. The molecule has 1 unspecified atom stereocenters. The van der Waals surface area contributed by atoms with Gasteiger partial charge in [-0.05, 0) is 25.1 Å². The average Bonchev–Trinajstić information content (AvgIpc) is 2.67. The van der Waals surface area contributed by atoms with E-state index in [1.807, 2.05) is 0 Å². The molecule has 0 aromatic carbocycles. The second-order valence-corrected chi connectivity index (χ2v) is 4.53. The maximum absolute atomic E-state index is 5.34. The van der Waals surface area contributed by atoms with Crippen LogP contribution in [0.4, 0.5) is 0 Å². The monoisotopic (exact) mass is 230 g/mol. The summed E-state index contributed by atoms with van der Waals surface area (Å²) < 4.78 is 5.16. The Morgan fingerprint density at radius 3 is 3.07 bits per heavy atom. The minimum atomic E-state index is 0.654. The standard InChI is InChI=1S/C11H22N2OS/c1-3-4-6-12-11(15)13-7-5-10(8-13)9-14-2/h10H,3-9H2,1-2H3,(H,12,15).